The highest BCUT2D eigenvalue weighted by Gasteiger charge is 2.12. The van der Waals surface area contributed by atoms with E-state index < -0.39 is 0 Å². The number of hydrogen-bond donors (Lipinski definition) is 1. The highest BCUT2D eigenvalue weighted by atomic mass is 32.2. The number of thioether (sulfide) groups is 1. The molecule has 4 nitrogen and oxygen atoms in total. The number of amides is 1. The molecule has 0 atom stereocenters. The van der Waals surface area contributed by atoms with Gasteiger partial charge in [0.05, 0.1) is 12.3 Å². The van der Waals surface area contributed by atoms with E-state index in [0.29, 0.717) is 18.2 Å². The smallest absolute Gasteiger partial charge is 0.226 e. The lowest BCUT2D eigenvalue weighted by molar-refractivity contribution is -0.115. The van der Waals surface area contributed by atoms with Crippen molar-refractivity contribution in [3.63, 3.8) is 0 Å². The first-order valence-electron chi connectivity index (χ1n) is 9.25. The molecule has 1 N–H and O–H groups in total. The molecule has 28 heavy (non-hydrogen) atoms. The van der Waals surface area contributed by atoms with Crippen molar-refractivity contribution in [1.29, 1.82) is 0 Å². The number of anilines is 1. The van der Waals surface area contributed by atoms with Crippen LogP contribution < -0.4 is 10.1 Å². The normalized spacial score (nSPS) is 10.7. The van der Waals surface area contributed by atoms with Crippen LogP contribution in [0, 0.1) is 13.8 Å². The number of aromatic nitrogens is 1. The second-order valence-corrected chi connectivity index (χ2v) is 8.71. The summed E-state index contributed by atoms with van der Waals surface area (Å²) < 4.78 is 5.48. The van der Waals surface area contributed by atoms with Crippen LogP contribution in [0.25, 0.3) is 11.3 Å². The van der Waals surface area contributed by atoms with E-state index >= 15 is 0 Å². The Morgan fingerprint density at radius 3 is 2.50 bits per heavy atom. The number of nitrogens with zero attached hydrogens (tertiary/aromatic N) is 1. The minimum Gasteiger partial charge on any atom is -0.494 e. The fourth-order valence-electron chi connectivity index (χ4n) is 2.67. The van der Waals surface area contributed by atoms with Crippen LogP contribution in [0.1, 0.15) is 23.8 Å². The third-order valence-electron chi connectivity index (χ3n) is 4.10. The van der Waals surface area contributed by atoms with E-state index in [4.69, 9.17) is 4.74 Å². The largest absolute Gasteiger partial charge is 0.494 e. The molecule has 3 rings (SSSR count). The number of rotatable bonds is 8. The zero-order chi connectivity index (χ0) is 19.9. The van der Waals surface area contributed by atoms with Crippen LogP contribution in [-0.2, 0) is 4.79 Å². The van der Waals surface area contributed by atoms with Gasteiger partial charge in [-0.2, -0.15) is 0 Å². The maximum absolute atomic E-state index is 12.3. The van der Waals surface area contributed by atoms with Gasteiger partial charge in [-0.3, -0.25) is 4.79 Å². The van der Waals surface area contributed by atoms with Gasteiger partial charge in [0.2, 0.25) is 5.91 Å². The number of hydrogen-bond acceptors (Lipinski definition) is 5. The molecule has 0 saturated carbocycles. The monoisotopic (exact) mass is 412 g/mol. The zero-order valence-corrected chi connectivity index (χ0v) is 18.0. The number of benzene rings is 2. The first-order valence-corrected chi connectivity index (χ1v) is 11.1. The van der Waals surface area contributed by atoms with E-state index in [0.717, 1.165) is 27.6 Å². The van der Waals surface area contributed by atoms with Gasteiger partial charge in [0, 0.05) is 27.5 Å². The number of carbonyl (C=O) groups excluding carboxylic acids is 1. The van der Waals surface area contributed by atoms with Gasteiger partial charge in [-0.25, -0.2) is 4.98 Å². The molecule has 0 bridgehead atoms. The third-order valence-corrected chi connectivity index (χ3v) is 6.00. The highest BCUT2D eigenvalue weighted by molar-refractivity contribution is 7.99. The molecule has 0 aliphatic heterocycles. The fraction of sp³-hybridized carbons (Fsp3) is 0.273. The molecule has 0 radical (unpaired) electrons. The Kier molecular flexibility index (Phi) is 7.12. The van der Waals surface area contributed by atoms with Gasteiger partial charge in [-0.15, -0.1) is 23.1 Å². The van der Waals surface area contributed by atoms with Crippen molar-refractivity contribution >= 4 is 34.1 Å². The van der Waals surface area contributed by atoms with Crippen LogP contribution in [0.2, 0.25) is 0 Å². The summed E-state index contributed by atoms with van der Waals surface area (Å²) in [5.41, 5.74) is 3.16. The second kappa shape index (κ2) is 9.75. The van der Waals surface area contributed by atoms with Gasteiger partial charge in [-0.05, 0) is 57.2 Å². The van der Waals surface area contributed by atoms with E-state index in [1.165, 1.54) is 21.8 Å². The molecule has 0 unspecified atom stereocenters. The van der Waals surface area contributed by atoms with Crippen molar-refractivity contribution in [2.75, 3.05) is 17.7 Å². The van der Waals surface area contributed by atoms with E-state index in [1.54, 1.807) is 11.8 Å². The molecule has 2 aromatic carbocycles. The summed E-state index contributed by atoms with van der Waals surface area (Å²) in [5.74, 6) is 1.58. The Hall–Kier alpha value is -2.31. The molecule has 0 aliphatic carbocycles. The van der Waals surface area contributed by atoms with Gasteiger partial charge < -0.3 is 10.1 Å². The molecule has 146 valence electrons. The number of ether oxygens (including phenoxy) is 1. The zero-order valence-electron chi connectivity index (χ0n) is 16.3. The first-order chi connectivity index (χ1) is 13.5. The standard InChI is InChI=1S/C22H24N2O2S2/c1-4-26-18-9-7-17(8-10-18)21-16(3)28-22(24-21)23-20(25)13-14-27-19-11-5-15(2)6-12-19/h5-12H,4,13-14H2,1-3H3,(H,23,24,25). The van der Waals surface area contributed by atoms with Crippen molar-refractivity contribution in [3.05, 3.63) is 59.0 Å². The van der Waals surface area contributed by atoms with Crippen molar-refractivity contribution in [3.8, 4) is 17.0 Å². The molecule has 0 fully saturated rings. The number of thiazole rings is 1. The van der Waals surface area contributed by atoms with Crippen LogP contribution in [0.3, 0.4) is 0 Å². The van der Waals surface area contributed by atoms with Crippen LogP contribution in [0.15, 0.2) is 53.4 Å². The SMILES string of the molecule is CCOc1ccc(-c2nc(NC(=O)CCSc3ccc(C)cc3)sc2C)cc1. The van der Waals surface area contributed by atoms with Gasteiger partial charge in [0.1, 0.15) is 5.75 Å². The van der Waals surface area contributed by atoms with E-state index in [9.17, 15) is 4.79 Å². The van der Waals surface area contributed by atoms with Crippen LogP contribution in [-0.4, -0.2) is 23.3 Å². The maximum Gasteiger partial charge on any atom is 0.226 e. The maximum atomic E-state index is 12.3. The average molecular weight is 413 g/mol. The lowest BCUT2D eigenvalue weighted by Crippen LogP contribution is -2.11. The quantitative estimate of drug-likeness (QED) is 0.465. The summed E-state index contributed by atoms with van der Waals surface area (Å²) >= 11 is 3.19. The van der Waals surface area contributed by atoms with E-state index in [2.05, 4.69) is 41.5 Å². The molecule has 1 amide bonds. The van der Waals surface area contributed by atoms with Crippen LogP contribution in [0.5, 0.6) is 5.75 Å². The summed E-state index contributed by atoms with van der Waals surface area (Å²) in [5, 5.41) is 3.58. The van der Waals surface area contributed by atoms with Crippen LogP contribution >= 0.6 is 23.1 Å². The lowest BCUT2D eigenvalue weighted by atomic mass is 10.1. The molecule has 1 heterocycles. The third kappa shape index (κ3) is 5.59. The Bertz CT molecular complexity index is 919. The molecule has 3 aromatic rings. The topological polar surface area (TPSA) is 51.2 Å². The molecule has 6 heteroatoms. The molecule has 0 spiro atoms. The van der Waals surface area contributed by atoms with Crippen LogP contribution in [0.4, 0.5) is 5.13 Å². The number of carbonyl (C=O) groups is 1. The summed E-state index contributed by atoms with van der Waals surface area (Å²) in [7, 11) is 0. The molecular weight excluding hydrogens is 388 g/mol. The van der Waals surface area contributed by atoms with Crippen molar-refractivity contribution < 1.29 is 9.53 Å². The summed E-state index contributed by atoms with van der Waals surface area (Å²) in [6.07, 6.45) is 0.454. The Labute approximate surface area is 174 Å². The molecule has 1 aromatic heterocycles. The van der Waals surface area contributed by atoms with Crippen molar-refractivity contribution in [2.45, 2.75) is 32.1 Å². The lowest BCUT2D eigenvalue weighted by Gasteiger charge is -2.04. The first kappa shape index (κ1) is 20.4. The highest BCUT2D eigenvalue weighted by Crippen LogP contribution is 2.31. The van der Waals surface area contributed by atoms with Gasteiger partial charge in [0.15, 0.2) is 5.13 Å². The van der Waals surface area contributed by atoms with Crippen molar-refractivity contribution in [1.82, 2.24) is 4.98 Å². The molecule has 0 saturated heterocycles. The minimum atomic E-state index is -0.00777. The second-order valence-electron chi connectivity index (χ2n) is 6.34. The Morgan fingerprint density at radius 1 is 1.11 bits per heavy atom. The van der Waals surface area contributed by atoms with E-state index in [1.807, 2.05) is 38.1 Å². The summed E-state index contributed by atoms with van der Waals surface area (Å²) in [6.45, 7) is 6.70. The number of aryl methyl sites for hydroxylation is 2. The summed E-state index contributed by atoms with van der Waals surface area (Å²) in [6, 6.07) is 16.2. The molecular formula is C22H24N2O2S2. The predicted octanol–water partition coefficient (Wildman–Crippen LogP) is 5.95. The van der Waals surface area contributed by atoms with Gasteiger partial charge in [-0.1, -0.05) is 17.7 Å². The predicted molar refractivity (Wildman–Crippen MR) is 119 cm³/mol. The summed E-state index contributed by atoms with van der Waals surface area (Å²) in [4.78, 5) is 19.1. The minimum absolute atomic E-state index is 0.00777. The number of nitrogens with one attached hydrogen (secondary N) is 1. The molecule has 0 aliphatic rings. The Morgan fingerprint density at radius 2 is 1.82 bits per heavy atom. The van der Waals surface area contributed by atoms with Gasteiger partial charge in [0.25, 0.3) is 0 Å². The van der Waals surface area contributed by atoms with Crippen molar-refractivity contribution in [2.24, 2.45) is 0 Å². The fourth-order valence-corrected chi connectivity index (χ4v) is 4.37. The Balaban J connectivity index is 1.55. The van der Waals surface area contributed by atoms with E-state index in [-0.39, 0.29) is 5.91 Å². The average Bonchev–Trinajstić information content (AvgIpc) is 3.04. The van der Waals surface area contributed by atoms with Gasteiger partial charge >= 0.3 is 0 Å².